The number of amides is 1. The second-order valence-corrected chi connectivity index (χ2v) is 5.63. The molecule has 0 bridgehead atoms. The van der Waals surface area contributed by atoms with Crippen LogP contribution in [0.15, 0.2) is 36.4 Å². The van der Waals surface area contributed by atoms with Gasteiger partial charge in [-0.3, -0.25) is 4.79 Å². The van der Waals surface area contributed by atoms with E-state index in [-0.39, 0.29) is 5.56 Å². The number of hydrogen-bond donors (Lipinski definition) is 1. The van der Waals surface area contributed by atoms with Gasteiger partial charge in [0.2, 0.25) is 0 Å². The molecule has 1 atom stereocenters. The standard InChI is InChI=1S/C19H19F2NO5/c1-11(16-9-15(25-2)4-5-17(16)26-3)22-18(23)10-27-19(24)12-6-13(20)8-14(21)7-12/h4-9,11H,10H2,1-3H3,(H,22,23)/t11-/m0/s1. The van der Waals surface area contributed by atoms with Gasteiger partial charge in [0, 0.05) is 11.6 Å². The van der Waals surface area contributed by atoms with Crippen molar-refractivity contribution in [3.63, 3.8) is 0 Å². The van der Waals surface area contributed by atoms with Crippen LogP contribution in [0.2, 0.25) is 0 Å². The largest absolute Gasteiger partial charge is 0.497 e. The number of carbonyl (C=O) groups is 2. The molecule has 0 saturated carbocycles. The third kappa shape index (κ3) is 5.40. The minimum Gasteiger partial charge on any atom is -0.497 e. The maximum absolute atomic E-state index is 13.1. The molecule has 144 valence electrons. The summed E-state index contributed by atoms with van der Waals surface area (Å²) in [5.74, 6) is -2.27. The molecule has 0 aliphatic heterocycles. The molecule has 0 aromatic heterocycles. The summed E-state index contributed by atoms with van der Waals surface area (Å²) in [6.07, 6.45) is 0. The van der Waals surface area contributed by atoms with Crippen LogP contribution in [0, 0.1) is 11.6 Å². The zero-order chi connectivity index (χ0) is 20.0. The van der Waals surface area contributed by atoms with Crippen LogP contribution in [0.1, 0.15) is 28.9 Å². The molecule has 0 unspecified atom stereocenters. The Bertz CT molecular complexity index is 821. The first-order valence-electron chi connectivity index (χ1n) is 7.98. The van der Waals surface area contributed by atoms with Crippen LogP contribution in [0.5, 0.6) is 11.5 Å². The fourth-order valence-corrected chi connectivity index (χ4v) is 2.42. The fraction of sp³-hybridized carbons (Fsp3) is 0.263. The van der Waals surface area contributed by atoms with Crippen LogP contribution in [-0.4, -0.2) is 32.7 Å². The molecule has 6 nitrogen and oxygen atoms in total. The van der Waals surface area contributed by atoms with E-state index in [1.54, 1.807) is 25.1 Å². The molecule has 0 radical (unpaired) electrons. The van der Waals surface area contributed by atoms with E-state index in [4.69, 9.17) is 14.2 Å². The summed E-state index contributed by atoms with van der Waals surface area (Å²) >= 11 is 0. The highest BCUT2D eigenvalue weighted by Crippen LogP contribution is 2.29. The van der Waals surface area contributed by atoms with Crippen molar-refractivity contribution < 1.29 is 32.6 Å². The lowest BCUT2D eigenvalue weighted by atomic mass is 10.1. The van der Waals surface area contributed by atoms with Gasteiger partial charge in [-0.25, -0.2) is 13.6 Å². The van der Waals surface area contributed by atoms with Crippen molar-refractivity contribution in [2.75, 3.05) is 20.8 Å². The maximum Gasteiger partial charge on any atom is 0.338 e. The van der Waals surface area contributed by atoms with Gasteiger partial charge in [-0.05, 0) is 37.3 Å². The molecule has 0 heterocycles. The molecule has 1 N–H and O–H groups in total. The highest BCUT2D eigenvalue weighted by Gasteiger charge is 2.17. The van der Waals surface area contributed by atoms with Gasteiger partial charge < -0.3 is 19.5 Å². The summed E-state index contributed by atoms with van der Waals surface area (Å²) in [6.45, 7) is 1.12. The minimum atomic E-state index is -1.00. The fourth-order valence-electron chi connectivity index (χ4n) is 2.42. The highest BCUT2D eigenvalue weighted by molar-refractivity contribution is 5.91. The SMILES string of the molecule is COc1ccc(OC)c([C@H](C)NC(=O)COC(=O)c2cc(F)cc(F)c2)c1. The quantitative estimate of drug-likeness (QED) is 0.749. The average Bonchev–Trinajstić information content (AvgIpc) is 2.64. The van der Waals surface area contributed by atoms with Crippen molar-refractivity contribution in [2.45, 2.75) is 13.0 Å². The second-order valence-electron chi connectivity index (χ2n) is 5.63. The van der Waals surface area contributed by atoms with Crippen molar-refractivity contribution >= 4 is 11.9 Å². The lowest BCUT2D eigenvalue weighted by Crippen LogP contribution is -2.31. The lowest BCUT2D eigenvalue weighted by molar-refractivity contribution is -0.124. The Morgan fingerprint density at radius 2 is 1.70 bits per heavy atom. The number of hydrogen-bond acceptors (Lipinski definition) is 5. The molecule has 2 aromatic carbocycles. The van der Waals surface area contributed by atoms with E-state index in [0.29, 0.717) is 23.1 Å². The number of benzene rings is 2. The summed E-state index contributed by atoms with van der Waals surface area (Å²) in [4.78, 5) is 23.9. The molecule has 1 amide bonds. The maximum atomic E-state index is 13.1. The lowest BCUT2D eigenvalue weighted by Gasteiger charge is -2.18. The minimum absolute atomic E-state index is 0.317. The van der Waals surface area contributed by atoms with Crippen LogP contribution in [0.4, 0.5) is 8.78 Å². The van der Waals surface area contributed by atoms with E-state index >= 15 is 0 Å². The summed E-state index contributed by atoms with van der Waals surface area (Å²) < 4.78 is 41.5. The molecule has 0 aliphatic rings. The average molecular weight is 379 g/mol. The normalized spacial score (nSPS) is 11.4. The van der Waals surface area contributed by atoms with Crippen LogP contribution in [-0.2, 0) is 9.53 Å². The van der Waals surface area contributed by atoms with Gasteiger partial charge >= 0.3 is 5.97 Å². The number of esters is 1. The Kier molecular flexibility index (Phi) is 6.70. The molecular weight excluding hydrogens is 360 g/mol. The number of carbonyl (C=O) groups excluding carboxylic acids is 2. The third-order valence-electron chi connectivity index (χ3n) is 3.71. The molecule has 0 aliphatic carbocycles. The van der Waals surface area contributed by atoms with Gasteiger partial charge in [-0.2, -0.15) is 0 Å². The molecule has 27 heavy (non-hydrogen) atoms. The summed E-state index contributed by atoms with van der Waals surface area (Å²) in [5.41, 5.74) is 0.353. The monoisotopic (exact) mass is 379 g/mol. The van der Waals surface area contributed by atoms with Crippen LogP contribution in [0.25, 0.3) is 0 Å². The smallest absolute Gasteiger partial charge is 0.338 e. The summed E-state index contributed by atoms with van der Waals surface area (Å²) in [7, 11) is 3.02. The zero-order valence-corrected chi connectivity index (χ0v) is 15.0. The molecular formula is C19H19F2NO5. The molecule has 0 saturated heterocycles. The topological polar surface area (TPSA) is 73.9 Å². The molecule has 2 rings (SSSR count). The number of rotatable bonds is 7. The van der Waals surface area contributed by atoms with Crippen LogP contribution < -0.4 is 14.8 Å². The van der Waals surface area contributed by atoms with Gasteiger partial charge in [0.15, 0.2) is 6.61 Å². The molecule has 0 fully saturated rings. The molecule has 2 aromatic rings. The van der Waals surface area contributed by atoms with Crippen molar-refractivity contribution in [3.05, 3.63) is 59.2 Å². The van der Waals surface area contributed by atoms with Crippen molar-refractivity contribution in [3.8, 4) is 11.5 Å². The predicted molar refractivity (Wildman–Crippen MR) is 92.7 cm³/mol. The Balaban J connectivity index is 1.98. The predicted octanol–water partition coefficient (Wildman–Crippen LogP) is 3.02. The highest BCUT2D eigenvalue weighted by atomic mass is 19.1. The van der Waals surface area contributed by atoms with Crippen molar-refractivity contribution in [1.82, 2.24) is 5.32 Å². The van der Waals surface area contributed by atoms with Gasteiger partial charge in [-0.1, -0.05) is 0 Å². The number of ether oxygens (including phenoxy) is 3. The van der Waals surface area contributed by atoms with Gasteiger partial charge in [0.05, 0.1) is 25.8 Å². The number of halogens is 2. The van der Waals surface area contributed by atoms with Gasteiger partial charge in [-0.15, -0.1) is 0 Å². The van der Waals surface area contributed by atoms with E-state index < -0.39 is 36.2 Å². The van der Waals surface area contributed by atoms with E-state index in [0.717, 1.165) is 12.1 Å². The number of nitrogens with one attached hydrogen (secondary N) is 1. The first-order chi connectivity index (χ1) is 12.8. The van der Waals surface area contributed by atoms with E-state index in [2.05, 4.69) is 5.32 Å². The Morgan fingerprint density at radius 1 is 1.04 bits per heavy atom. The van der Waals surface area contributed by atoms with Gasteiger partial charge in [0.1, 0.15) is 23.1 Å². The molecule has 0 spiro atoms. The Morgan fingerprint density at radius 3 is 2.30 bits per heavy atom. The Labute approximate surface area is 155 Å². The van der Waals surface area contributed by atoms with Crippen molar-refractivity contribution in [2.24, 2.45) is 0 Å². The van der Waals surface area contributed by atoms with E-state index in [1.165, 1.54) is 14.2 Å². The van der Waals surface area contributed by atoms with Crippen molar-refractivity contribution in [1.29, 1.82) is 0 Å². The third-order valence-corrected chi connectivity index (χ3v) is 3.71. The van der Waals surface area contributed by atoms with E-state index in [1.807, 2.05) is 0 Å². The zero-order valence-electron chi connectivity index (χ0n) is 15.0. The van der Waals surface area contributed by atoms with E-state index in [9.17, 15) is 18.4 Å². The van der Waals surface area contributed by atoms with Crippen LogP contribution in [0.3, 0.4) is 0 Å². The van der Waals surface area contributed by atoms with Gasteiger partial charge in [0.25, 0.3) is 5.91 Å². The Hall–Kier alpha value is -3.16. The second kappa shape index (κ2) is 8.98. The molecule has 8 heteroatoms. The summed E-state index contributed by atoms with van der Waals surface area (Å²) in [6, 6.07) is 6.96. The number of methoxy groups -OCH3 is 2. The first-order valence-corrected chi connectivity index (χ1v) is 7.98. The van der Waals surface area contributed by atoms with Crippen LogP contribution >= 0.6 is 0 Å². The summed E-state index contributed by atoms with van der Waals surface area (Å²) in [5, 5.41) is 2.65. The first kappa shape index (κ1) is 20.2.